The van der Waals surface area contributed by atoms with E-state index in [2.05, 4.69) is 10.3 Å². The maximum Gasteiger partial charge on any atom is 0.251 e. The van der Waals surface area contributed by atoms with E-state index in [4.69, 9.17) is 5.73 Å². The number of H-pyrrole nitrogens is 1. The van der Waals surface area contributed by atoms with Crippen LogP contribution in [-0.4, -0.2) is 23.0 Å². The van der Waals surface area contributed by atoms with Crippen LogP contribution in [0.5, 0.6) is 0 Å². The normalized spacial score (nSPS) is 23.4. The number of carbonyl (C=O) groups excluding carboxylic acids is 1. The van der Waals surface area contributed by atoms with Crippen LogP contribution in [0.15, 0.2) is 30.5 Å². The summed E-state index contributed by atoms with van der Waals surface area (Å²) in [5.74, 6) is -0.00926. The predicted molar refractivity (Wildman–Crippen MR) is 66.8 cm³/mol. The van der Waals surface area contributed by atoms with E-state index < -0.39 is 0 Å². The Morgan fingerprint density at radius 2 is 2.18 bits per heavy atom. The Balaban J connectivity index is 1.76. The summed E-state index contributed by atoms with van der Waals surface area (Å²) >= 11 is 0. The number of aromatic amines is 1. The lowest BCUT2D eigenvalue weighted by atomic mass is 9.87. The highest BCUT2D eigenvalue weighted by atomic mass is 16.1. The molecule has 3 rings (SSSR count). The summed E-state index contributed by atoms with van der Waals surface area (Å²) in [5, 5.41) is 4.05. The Morgan fingerprint density at radius 3 is 2.94 bits per heavy atom. The molecule has 1 fully saturated rings. The lowest BCUT2D eigenvalue weighted by Gasteiger charge is -2.32. The monoisotopic (exact) mass is 229 g/mol. The first-order chi connectivity index (χ1) is 8.22. The molecule has 0 saturated heterocycles. The third-order valence-electron chi connectivity index (χ3n) is 3.33. The molecule has 4 nitrogen and oxygen atoms in total. The number of amides is 1. The first-order valence-electron chi connectivity index (χ1n) is 5.86. The van der Waals surface area contributed by atoms with Crippen molar-refractivity contribution < 1.29 is 4.79 Å². The van der Waals surface area contributed by atoms with Gasteiger partial charge in [-0.25, -0.2) is 0 Å². The fourth-order valence-corrected chi connectivity index (χ4v) is 2.24. The molecule has 0 bridgehead atoms. The zero-order valence-corrected chi connectivity index (χ0v) is 9.44. The number of aromatic nitrogens is 1. The van der Waals surface area contributed by atoms with Gasteiger partial charge < -0.3 is 16.0 Å². The van der Waals surface area contributed by atoms with Gasteiger partial charge in [-0.1, -0.05) is 0 Å². The highest BCUT2D eigenvalue weighted by molar-refractivity contribution is 5.98. The molecule has 4 heteroatoms. The van der Waals surface area contributed by atoms with Crippen molar-refractivity contribution in [2.24, 2.45) is 5.73 Å². The van der Waals surface area contributed by atoms with Gasteiger partial charge in [0.05, 0.1) is 0 Å². The summed E-state index contributed by atoms with van der Waals surface area (Å²) in [4.78, 5) is 15.1. The molecule has 88 valence electrons. The maximum atomic E-state index is 12.0. The number of hydrogen-bond donors (Lipinski definition) is 3. The molecule has 1 heterocycles. The molecule has 0 atom stereocenters. The van der Waals surface area contributed by atoms with Crippen LogP contribution in [0.1, 0.15) is 23.2 Å². The number of carbonyl (C=O) groups is 1. The quantitative estimate of drug-likeness (QED) is 0.728. The summed E-state index contributed by atoms with van der Waals surface area (Å²) < 4.78 is 0. The molecule has 4 N–H and O–H groups in total. The fraction of sp³-hybridized carbons (Fsp3) is 0.308. The molecule has 0 radical (unpaired) electrons. The first kappa shape index (κ1) is 10.4. The van der Waals surface area contributed by atoms with E-state index >= 15 is 0 Å². The summed E-state index contributed by atoms with van der Waals surface area (Å²) in [7, 11) is 0. The Labute approximate surface area is 99.2 Å². The van der Waals surface area contributed by atoms with E-state index in [1.807, 2.05) is 30.5 Å². The topological polar surface area (TPSA) is 70.9 Å². The Kier molecular flexibility index (Phi) is 2.37. The van der Waals surface area contributed by atoms with E-state index in [1.165, 1.54) is 0 Å². The third kappa shape index (κ3) is 1.91. The van der Waals surface area contributed by atoms with Crippen LogP contribution in [0.4, 0.5) is 0 Å². The molecule has 0 unspecified atom stereocenters. The minimum atomic E-state index is -0.00926. The summed E-state index contributed by atoms with van der Waals surface area (Å²) in [6, 6.07) is 8.14. The van der Waals surface area contributed by atoms with Gasteiger partial charge in [0.25, 0.3) is 5.91 Å². The van der Waals surface area contributed by atoms with Crippen molar-refractivity contribution in [1.82, 2.24) is 10.3 Å². The van der Waals surface area contributed by atoms with E-state index in [0.29, 0.717) is 5.56 Å². The van der Waals surface area contributed by atoms with Crippen LogP contribution in [-0.2, 0) is 0 Å². The van der Waals surface area contributed by atoms with Gasteiger partial charge in [0, 0.05) is 34.7 Å². The average molecular weight is 229 g/mol. The molecule has 2 aromatic rings. The SMILES string of the molecule is NC1CC(NC(=O)c2ccc3[nH]ccc3c2)C1. The van der Waals surface area contributed by atoms with Crippen molar-refractivity contribution >= 4 is 16.8 Å². The van der Waals surface area contributed by atoms with Gasteiger partial charge in [-0.2, -0.15) is 0 Å². The van der Waals surface area contributed by atoms with Crippen LogP contribution in [0, 0.1) is 0 Å². The molecule has 0 spiro atoms. The molecular formula is C13H15N3O. The predicted octanol–water partition coefficient (Wildman–Crippen LogP) is 1.39. The Hall–Kier alpha value is -1.81. The van der Waals surface area contributed by atoms with Crippen LogP contribution >= 0.6 is 0 Å². The van der Waals surface area contributed by atoms with Gasteiger partial charge in [0.15, 0.2) is 0 Å². The molecule has 1 aromatic carbocycles. The molecule has 17 heavy (non-hydrogen) atoms. The lowest BCUT2D eigenvalue weighted by Crippen LogP contribution is -2.50. The molecule has 1 amide bonds. The van der Waals surface area contributed by atoms with Gasteiger partial charge in [-0.05, 0) is 37.1 Å². The van der Waals surface area contributed by atoms with Crippen molar-refractivity contribution in [3.8, 4) is 0 Å². The summed E-state index contributed by atoms with van der Waals surface area (Å²) in [5.41, 5.74) is 7.44. The van der Waals surface area contributed by atoms with Gasteiger partial charge in [0.2, 0.25) is 0 Å². The number of hydrogen-bond acceptors (Lipinski definition) is 2. The van der Waals surface area contributed by atoms with Crippen LogP contribution < -0.4 is 11.1 Å². The largest absolute Gasteiger partial charge is 0.361 e. The zero-order chi connectivity index (χ0) is 11.8. The highest BCUT2D eigenvalue weighted by Gasteiger charge is 2.27. The van der Waals surface area contributed by atoms with Gasteiger partial charge in [0.1, 0.15) is 0 Å². The molecule has 1 saturated carbocycles. The van der Waals surface area contributed by atoms with Crippen molar-refractivity contribution in [2.45, 2.75) is 24.9 Å². The van der Waals surface area contributed by atoms with Crippen LogP contribution in [0.2, 0.25) is 0 Å². The molecule has 1 aliphatic rings. The minimum Gasteiger partial charge on any atom is -0.361 e. The Bertz CT molecular complexity index is 555. The van der Waals surface area contributed by atoms with E-state index in [1.54, 1.807) is 0 Å². The number of fused-ring (bicyclic) bond motifs is 1. The first-order valence-corrected chi connectivity index (χ1v) is 5.86. The average Bonchev–Trinajstić information content (AvgIpc) is 2.73. The standard InChI is InChI=1S/C13H15N3O/c14-10-6-11(7-10)16-13(17)9-1-2-12-8(5-9)3-4-15-12/h1-5,10-11,15H,6-7,14H2,(H,16,17). The van der Waals surface area contributed by atoms with Gasteiger partial charge in [-0.3, -0.25) is 4.79 Å². The Morgan fingerprint density at radius 1 is 1.35 bits per heavy atom. The van der Waals surface area contributed by atoms with E-state index in [9.17, 15) is 4.79 Å². The summed E-state index contributed by atoms with van der Waals surface area (Å²) in [6.07, 6.45) is 3.65. The molecular weight excluding hydrogens is 214 g/mol. The van der Waals surface area contributed by atoms with Crippen molar-refractivity contribution in [3.05, 3.63) is 36.0 Å². The second-order valence-corrected chi connectivity index (χ2v) is 4.68. The molecule has 1 aliphatic carbocycles. The third-order valence-corrected chi connectivity index (χ3v) is 3.33. The molecule has 1 aromatic heterocycles. The van der Waals surface area contributed by atoms with Crippen molar-refractivity contribution in [3.63, 3.8) is 0 Å². The van der Waals surface area contributed by atoms with Crippen molar-refractivity contribution in [1.29, 1.82) is 0 Å². The summed E-state index contributed by atoms with van der Waals surface area (Å²) in [6.45, 7) is 0. The zero-order valence-electron chi connectivity index (χ0n) is 9.44. The van der Waals surface area contributed by atoms with Crippen molar-refractivity contribution in [2.75, 3.05) is 0 Å². The minimum absolute atomic E-state index is 0.00926. The van der Waals surface area contributed by atoms with Crippen LogP contribution in [0.25, 0.3) is 10.9 Å². The fourth-order valence-electron chi connectivity index (χ4n) is 2.24. The van der Waals surface area contributed by atoms with Crippen LogP contribution in [0.3, 0.4) is 0 Å². The second kappa shape index (κ2) is 3.89. The highest BCUT2D eigenvalue weighted by Crippen LogP contribution is 2.19. The smallest absolute Gasteiger partial charge is 0.251 e. The van der Waals surface area contributed by atoms with E-state index in [-0.39, 0.29) is 18.0 Å². The number of nitrogens with one attached hydrogen (secondary N) is 2. The maximum absolute atomic E-state index is 12.0. The number of nitrogens with two attached hydrogens (primary N) is 1. The van der Waals surface area contributed by atoms with E-state index in [0.717, 1.165) is 23.7 Å². The van der Waals surface area contributed by atoms with Gasteiger partial charge in [-0.15, -0.1) is 0 Å². The van der Waals surface area contributed by atoms with Gasteiger partial charge >= 0.3 is 0 Å². The lowest BCUT2D eigenvalue weighted by molar-refractivity contribution is 0.0910. The second-order valence-electron chi connectivity index (χ2n) is 4.68. The molecule has 0 aliphatic heterocycles. The number of rotatable bonds is 2. The number of benzene rings is 1.